The van der Waals surface area contributed by atoms with Crippen LogP contribution in [0.3, 0.4) is 0 Å². The van der Waals surface area contributed by atoms with Crippen molar-refractivity contribution in [2.24, 2.45) is 5.41 Å². The number of rotatable bonds is 2. The normalized spacial score (nSPS) is 11.9. The largest absolute Gasteiger partial charge is 0.376 e. The van der Waals surface area contributed by atoms with Crippen molar-refractivity contribution in [2.75, 3.05) is 13.3 Å². The fraction of sp³-hybridized carbons (Fsp3) is 0.833. The second kappa shape index (κ2) is 21.1. The molecule has 28 heavy (non-hydrogen) atoms. The van der Waals surface area contributed by atoms with Crippen LogP contribution in [0.5, 0.6) is 0 Å². The highest BCUT2D eigenvalue weighted by molar-refractivity contribution is 7.79. The van der Waals surface area contributed by atoms with Crippen molar-refractivity contribution in [2.45, 2.75) is 117 Å². The summed E-state index contributed by atoms with van der Waals surface area (Å²) in [6, 6.07) is 0. The van der Waals surface area contributed by atoms with Crippen molar-refractivity contribution in [1.29, 1.82) is 0 Å². The van der Waals surface area contributed by atoms with Crippen LogP contribution >= 0.6 is 0 Å². The van der Waals surface area contributed by atoms with Gasteiger partial charge in [0.05, 0.1) is 5.60 Å². The minimum atomic E-state index is -1.14. The molecule has 1 atom stereocenters. The summed E-state index contributed by atoms with van der Waals surface area (Å²) in [7, 11) is 2.08. The molecule has 0 aromatic rings. The van der Waals surface area contributed by atoms with Gasteiger partial charge in [0.25, 0.3) is 0 Å². The average molecular weight is 426 g/mol. The topological polar surface area (TPSA) is 29.5 Å². The van der Waals surface area contributed by atoms with Gasteiger partial charge >= 0.3 is 0 Å². The molecule has 4 heteroatoms. The van der Waals surface area contributed by atoms with Crippen LogP contribution in [-0.2, 0) is 15.3 Å². The molecule has 0 saturated carbocycles. The van der Waals surface area contributed by atoms with Gasteiger partial charge in [0.15, 0.2) is 11.1 Å². The summed E-state index contributed by atoms with van der Waals surface area (Å²) < 4.78 is 15.3. The van der Waals surface area contributed by atoms with Crippen LogP contribution in [0.15, 0.2) is 24.4 Å². The number of hydrogen-bond acceptors (Lipinski definition) is 3. The van der Waals surface area contributed by atoms with Gasteiger partial charge < -0.3 is 4.90 Å². The summed E-state index contributed by atoms with van der Waals surface area (Å²) in [6.45, 7) is 22.8. The van der Waals surface area contributed by atoms with Gasteiger partial charge in [-0.25, -0.2) is 4.21 Å². The first-order valence-corrected chi connectivity index (χ1v) is 9.97. The van der Waals surface area contributed by atoms with E-state index in [1.165, 1.54) is 6.26 Å². The molecule has 0 fully saturated rings. The van der Waals surface area contributed by atoms with Gasteiger partial charge in [-0.2, -0.15) is 0 Å². The average Bonchev–Trinajstić information content (AvgIpc) is 2.24. The molecule has 0 radical (unpaired) electrons. The number of hydrogen-bond donors (Lipinski definition) is 0. The van der Waals surface area contributed by atoms with Crippen LogP contribution in [0, 0.1) is 5.41 Å². The molecule has 0 bridgehead atoms. The summed E-state index contributed by atoms with van der Waals surface area (Å²) in [4.78, 5) is 2.19. The van der Waals surface area contributed by atoms with E-state index < -0.39 is 11.1 Å². The van der Waals surface area contributed by atoms with E-state index >= 15 is 0 Å². The van der Waals surface area contributed by atoms with Crippen molar-refractivity contribution in [3.63, 3.8) is 0 Å². The Balaban J connectivity index is -0.0000000444. The zero-order chi connectivity index (χ0) is 20.2. The van der Waals surface area contributed by atoms with Gasteiger partial charge in [-0.05, 0) is 67.0 Å². The molecule has 3 nitrogen and oxygen atoms in total. The van der Waals surface area contributed by atoms with E-state index in [1.807, 2.05) is 40.7 Å². The minimum absolute atomic E-state index is 0. The van der Waals surface area contributed by atoms with Gasteiger partial charge in [0.2, 0.25) is 0 Å². The summed E-state index contributed by atoms with van der Waals surface area (Å²) >= 11 is -1.14. The van der Waals surface area contributed by atoms with Crippen LogP contribution in [0.4, 0.5) is 0 Å². The number of allylic oxidation sites excluding steroid dienone is 3. The van der Waals surface area contributed by atoms with Crippen LogP contribution in [0.25, 0.3) is 0 Å². The number of nitrogens with zero attached hydrogens (tertiary/aromatic N) is 1. The Hall–Kier alpha value is -0.610. The lowest BCUT2D eigenvalue weighted by Crippen LogP contribution is -2.33. The lowest BCUT2D eigenvalue weighted by molar-refractivity contribution is 0.153. The van der Waals surface area contributed by atoms with E-state index in [1.54, 1.807) is 0 Å². The quantitative estimate of drug-likeness (QED) is 0.415. The maximum Gasteiger partial charge on any atom is 0.152 e. The van der Waals surface area contributed by atoms with Crippen LogP contribution in [0.1, 0.15) is 106 Å². The SMILES string of the molecule is C.C.C.C.CC=CC(C)(C)C.CC=CN(C)C(C)(C)C.CS(=O)OC(C)(C)C. The summed E-state index contributed by atoms with van der Waals surface area (Å²) in [5.41, 5.74) is 0.348. The second-order valence-corrected chi connectivity index (χ2v) is 9.70. The highest BCUT2D eigenvalue weighted by Crippen LogP contribution is 2.13. The van der Waals surface area contributed by atoms with Crippen LogP contribution in [0.2, 0.25) is 0 Å². The Kier molecular flexibility index (Phi) is 34.6. The van der Waals surface area contributed by atoms with E-state index in [0.29, 0.717) is 5.41 Å². The molecule has 0 aliphatic heterocycles. The Labute approximate surface area is 184 Å². The minimum Gasteiger partial charge on any atom is -0.376 e. The first kappa shape index (κ1) is 45.9. The van der Waals surface area contributed by atoms with E-state index in [-0.39, 0.29) is 40.8 Å². The van der Waals surface area contributed by atoms with Crippen molar-refractivity contribution in [3.8, 4) is 0 Å². The van der Waals surface area contributed by atoms with Gasteiger partial charge in [-0.3, -0.25) is 4.18 Å². The maximum atomic E-state index is 10.3. The van der Waals surface area contributed by atoms with Crippen molar-refractivity contribution in [1.82, 2.24) is 4.90 Å². The molecule has 0 aromatic heterocycles. The molecule has 0 aliphatic rings. The zero-order valence-electron chi connectivity index (χ0n) is 18.5. The Bertz CT molecular complexity index is 381. The Morgan fingerprint density at radius 3 is 1.18 bits per heavy atom. The highest BCUT2D eigenvalue weighted by Gasteiger charge is 2.12. The molecule has 0 saturated heterocycles. The fourth-order valence-corrected chi connectivity index (χ4v) is 2.00. The van der Waals surface area contributed by atoms with Gasteiger partial charge in [-0.1, -0.05) is 68.7 Å². The summed E-state index contributed by atoms with van der Waals surface area (Å²) in [5, 5.41) is 0. The molecular formula is C24H59NO2S. The monoisotopic (exact) mass is 425 g/mol. The first-order chi connectivity index (χ1) is 10.5. The lowest BCUT2D eigenvalue weighted by atomic mass is 9.97. The molecule has 0 heterocycles. The predicted molar refractivity (Wildman–Crippen MR) is 138 cm³/mol. The predicted octanol–water partition coefficient (Wildman–Crippen LogP) is 8.50. The van der Waals surface area contributed by atoms with Crippen molar-refractivity contribution < 1.29 is 8.39 Å². The molecule has 0 amide bonds. The standard InChI is InChI=1S/C8H17N.C7H14.C5H12O2S.4CH4/c1-6-7-9(5)8(2,3)4;1-5-6-7(2,3)4;1-5(2,3)7-8(4)6;;;;/h6-7H,1-5H3;5-6H,1-4H3;1-4H3;4*1H4. The third kappa shape index (κ3) is 49.9. The summed E-state index contributed by atoms with van der Waals surface area (Å²) in [6.07, 6.45) is 9.92. The molecule has 0 N–H and O–H groups in total. The van der Waals surface area contributed by atoms with E-state index in [9.17, 15) is 4.21 Å². The fourth-order valence-electron chi connectivity index (χ4n) is 1.30. The smallest absolute Gasteiger partial charge is 0.152 e. The third-order valence-corrected chi connectivity index (χ3v) is 3.20. The molecule has 178 valence electrons. The van der Waals surface area contributed by atoms with Crippen LogP contribution < -0.4 is 0 Å². The molecule has 0 aliphatic carbocycles. The van der Waals surface area contributed by atoms with E-state index in [0.717, 1.165) is 0 Å². The molecule has 0 aromatic carbocycles. The maximum absolute atomic E-state index is 10.3. The van der Waals surface area contributed by atoms with Gasteiger partial charge in [0, 0.05) is 18.8 Å². The Morgan fingerprint density at radius 2 is 1.14 bits per heavy atom. The first-order valence-electron chi connectivity index (χ1n) is 8.48. The lowest BCUT2D eigenvalue weighted by Gasteiger charge is -2.30. The van der Waals surface area contributed by atoms with Gasteiger partial charge in [0.1, 0.15) is 0 Å². The third-order valence-electron chi connectivity index (χ3n) is 2.46. The zero-order valence-corrected chi connectivity index (χ0v) is 19.3. The van der Waals surface area contributed by atoms with E-state index in [2.05, 4.69) is 71.8 Å². The second-order valence-electron chi connectivity index (χ2n) is 8.73. The molecule has 0 rings (SSSR count). The van der Waals surface area contributed by atoms with Crippen LogP contribution in [-0.4, -0.2) is 33.6 Å². The highest BCUT2D eigenvalue weighted by atomic mass is 32.2. The molecule has 1 unspecified atom stereocenters. The van der Waals surface area contributed by atoms with Crippen molar-refractivity contribution in [3.05, 3.63) is 24.4 Å². The molecular weight excluding hydrogens is 366 g/mol. The Morgan fingerprint density at radius 1 is 0.786 bits per heavy atom. The van der Waals surface area contributed by atoms with Crippen molar-refractivity contribution >= 4 is 11.1 Å². The van der Waals surface area contributed by atoms with Gasteiger partial charge in [-0.15, -0.1) is 0 Å². The summed E-state index contributed by atoms with van der Waals surface area (Å²) in [5.74, 6) is 0. The van der Waals surface area contributed by atoms with E-state index in [4.69, 9.17) is 4.18 Å². The molecule has 0 spiro atoms.